The number of carbonyl (C=O) groups excluding carboxylic acids is 2. The Hall–Kier alpha value is -3.63. The fraction of sp³-hybridized carbons (Fsp3) is 0.222. The number of alkyl halides is 1. The van der Waals surface area contributed by atoms with Crippen molar-refractivity contribution in [1.29, 1.82) is 0 Å². The number of anilines is 2. The van der Waals surface area contributed by atoms with Gasteiger partial charge >= 0.3 is 12.0 Å². The Bertz CT molecular complexity index is 1400. The molecular weight excluding hydrogens is 581 g/mol. The van der Waals surface area contributed by atoms with Crippen LogP contribution >= 0.6 is 27.5 Å². The summed E-state index contributed by atoms with van der Waals surface area (Å²) in [6.45, 7) is 0.209. The Morgan fingerprint density at radius 1 is 1.11 bits per heavy atom. The second-order valence-corrected chi connectivity index (χ2v) is 9.94. The van der Waals surface area contributed by atoms with Gasteiger partial charge in [-0.2, -0.15) is 0 Å². The molecule has 198 valence electrons. The Kier molecular flexibility index (Phi) is 8.23. The molecule has 1 heterocycles. The predicted octanol–water partition coefficient (Wildman–Crippen LogP) is 6.44. The number of hydrogen-bond donors (Lipinski definition) is 3. The molecule has 1 aliphatic rings. The molecule has 3 aromatic rings. The van der Waals surface area contributed by atoms with Crippen LogP contribution in [-0.4, -0.2) is 41.6 Å². The highest BCUT2D eigenvalue weighted by molar-refractivity contribution is 9.10. The van der Waals surface area contributed by atoms with Gasteiger partial charge in [0.15, 0.2) is 0 Å². The van der Waals surface area contributed by atoms with E-state index in [1.54, 1.807) is 36.4 Å². The van der Waals surface area contributed by atoms with Crippen LogP contribution in [0.5, 0.6) is 5.75 Å². The minimum atomic E-state index is -2.10. The third-order valence-electron chi connectivity index (χ3n) is 6.25. The number of carbonyl (C=O) groups is 3. The number of carboxylic acids is 1. The van der Waals surface area contributed by atoms with Gasteiger partial charge in [0.1, 0.15) is 11.3 Å². The Morgan fingerprint density at radius 3 is 2.53 bits per heavy atom. The topological polar surface area (TPSA) is 108 Å². The lowest BCUT2D eigenvalue weighted by molar-refractivity contribution is -0.142. The van der Waals surface area contributed by atoms with E-state index in [0.717, 1.165) is 9.37 Å². The highest BCUT2D eigenvalue weighted by Gasteiger charge is 2.45. The lowest BCUT2D eigenvalue weighted by Gasteiger charge is -2.32. The van der Waals surface area contributed by atoms with Crippen LogP contribution in [0.1, 0.15) is 34.3 Å². The first-order valence-corrected chi connectivity index (χ1v) is 12.8. The fourth-order valence-electron chi connectivity index (χ4n) is 4.39. The van der Waals surface area contributed by atoms with Gasteiger partial charge in [0, 0.05) is 23.0 Å². The molecule has 4 rings (SSSR count). The first kappa shape index (κ1) is 27.4. The lowest BCUT2D eigenvalue weighted by Crippen LogP contribution is -2.42. The number of benzene rings is 3. The Labute approximate surface area is 231 Å². The first-order valence-electron chi connectivity index (χ1n) is 11.6. The van der Waals surface area contributed by atoms with E-state index >= 15 is 4.39 Å². The van der Waals surface area contributed by atoms with Gasteiger partial charge in [-0.05, 0) is 64.3 Å². The molecule has 0 saturated carbocycles. The molecule has 1 saturated heterocycles. The summed E-state index contributed by atoms with van der Waals surface area (Å²) < 4.78 is 22.1. The van der Waals surface area contributed by atoms with Gasteiger partial charge in [-0.3, -0.25) is 4.79 Å². The summed E-state index contributed by atoms with van der Waals surface area (Å²) >= 11 is 9.73. The third kappa shape index (κ3) is 5.76. The molecule has 0 aliphatic carbocycles. The molecule has 38 heavy (non-hydrogen) atoms. The van der Waals surface area contributed by atoms with Gasteiger partial charge in [0.2, 0.25) is 11.7 Å². The fourth-order valence-corrected chi connectivity index (χ4v) is 5.03. The quantitative estimate of drug-likeness (QED) is 0.269. The maximum absolute atomic E-state index is 16.2. The van der Waals surface area contributed by atoms with Crippen LogP contribution in [0.4, 0.5) is 20.6 Å². The molecule has 1 atom stereocenters. The van der Waals surface area contributed by atoms with Crippen molar-refractivity contribution in [2.75, 3.05) is 24.3 Å². The van der Waals surface area contributed by atoms with Crippen LogP contribution in [0, 0.1) is 0 Å². The van der Waals surface area contributed by atoms with Gasteiger partial charge in [-0.15, -0.1) is 0 Å². The summed E-state index contributed by atoms with van der Waals surface area (Å²) in [5.41, 5.74) is 1.53. The van der Waals surface area contributed by atoms with Crippen LogP contribution < -0.4 is 15.4 Å². The predicted molar refractivity (Wildman–Crippen MR) is 146 cm³/mol. The number of aromatic carboxylic acids is 1. The number of amides is 3. The standard InChI is InChI=1S/C27H24BrClFN3O5/c1-38-23-15-17(8-9-18(23)25(35)36)27(30)11-4-12-33(27)24(34)14-16-7-10-22(20(29)13-16)32-26(37)31-21-6-3-2-5-19(21)28/h2-3,5-10,13,15H,4,11-12,14H2,1H3,(H,35,36)(H2,31,32,37)/t27-/m1/s1. The number of hydrogen-bond acceptors (Lipinski definition) is 4. The minimum Gasteiger partial charge on any atom is -0.496 e. The molecule has 3 N–H and O–H groups in total. The van der Waals surface area contributed by atoms with Crippen molar-refractivity contribution < 1.29 is 28.6 Å². The van der Waals surface area contributed by atoms with Gasteiger partial charge in [0.25, 0.3) is 0 Å². The Balaban J connectivity index is 1.46. The zero-order valence-corrected chi connectivity index (χ0v) is 22.6. The maximum atomic E-state index is 16.2. The molecule has 0 bridgehead atoms. The number of urea groups is 1. The van der Waals surface area contributed by atoms with Crippen molar-refractivity contribution in [1.82, 2.24) is 4.90 Å². The number of methoxy groups -OCH3 is 1. The molecule has 0 unspecified atom stereocenters. The van der Waals surface area contributed by atoms with Crippen molar-refractivity contribution in [3.05, 3.63) is 86.8 Å². The Morgan fingerprint density at radius 2 is 1.84 bits per heavy atom. The van der Waals surface area contributed by atoms with Gasteiger partial charge in [-0.1, -0.05) is 35.9 Å². The smallest absolute Gasteiger partial charge is 0.339 e. The number of rotatable bonds is 7. The zero-order chi connectivity index (χ0) is 27.4. The average Bonchev–Trinajstić information content (AvgIpc) is 3.29. The number of nitrogens with zero attached hydrogens (tertiary/aromatic N) is 1. The summed E-state index contributed by atoms with van der Waals surface area (Å²) in [6, 6.07) is 15.4. The van der Waals surface area contributed by atoms with Crippen molar-refractivity contribution in [2.45, 2.75) is 25.1 Å². The summed E-state index contributed by atoms with van der Waals surface area (Å²) in [5.74, 6) is -3.73. The van der Waals surface area contributed by atoms with E-state index < -0.39 is 23.7 Å². The number of carboxylic acid groups (broad SMARTS) is 1. The maximum Gasteiger partial charge on any atom is 0.339 e. The second kappa shape index (κ2) is 11.4. The van der Waals surface area contributed by atoms with E-state index in [4.69, 9.17) is 16.3 Å². The highest BCUT2D eigenvalue weighted by atomic mass is 79.9. The van der Waals surface area contributed by atoms with Crippen LogP contribution in [0.15, 0.2) is 65.1 Å². The molecule has 0 radical (unpaired) electrons. The normalized spacial score (nSPS) is 16.7. The van der Waals surface area contributed by atoms with Gasteiger partial charge in [0.05, 0.1) is 29.9 Å². The largest absolute Gasteiger partial charge is 0.496 e. The summed E-state index contributed by atoms with van der Waals surface area (Å²) in [5, 5.41) is 14.9. The van der Waals surface area contributed by atoms with Crippen LogP contribution in [0.25, 0.3) is 0 Å². The van der Waals surface area contributed by atoms with Gasteiger partial charge in [-0.25, -0.2) is 14.0 Å². The van der Waals surface area contributed by atoms with Crippen LogP contribution in [0.2, 0.25) is 5.02 Å². The zero-order valence-electron chi connectivity index (χ0n) is 20.3. The summed E-state index contributed by atoms with van der Waals surface area (Å²) in [6.07, 6.45) is 0.408. The van der Waals surface area contributed by atoms with E-state index in [1.165, 1.54) is 25.3 Å². The van der Waals surface area contributed by atoms with E-state index in [1.807, 2.05) is 6.07 Å². The molecule has 3 aromatic carbocycles. The monoisotopic (exact) mass is 603 g/mol. The molecule has 0 aromatic heterocycles. The van der Waals surface area contributed by atoms with E-state index in [2.05, 4.69) is 26.6 Å². The number of nitrogens with one attached hydrogen (secondary N) is 2. The number of likely N-dealkylation sites (tertiary alicyclic amines) is 1. The molecule has 1 aliphatic heterocycles. The summed E-state index contributed by atoms with van der Waals surface area (Å²) in [7, 11) is 1.31. The van der Waals surface area contributed by atoms with Crippen molar-refractivity contribution >= 4 is 56.8 Å². The molecule has 11 heteroatoms. The van der Waals surface area contributed by atoms with E-state index in [-0.39, 0.29) is 41.3 Å². The number of para-hydroxylation sites is 1. The van der Waals surface area contributed by atoms with E-state index in [9.17, 15) is 19.5 Å². The molecule has 1 fully saturated rings. The first-order chi connectivity index (χ1) is 18.1. The molecule has 0 spiro atoms. The molecule has 8 nitrogen and oxygen atoms in total. The lowest BCUT2D eigenvalue weighted by atomic mass is 9.98. The highest BCUT2D eigenvalue weighted by Crippen LogP contribution is 2.42. The van der Waals surface area contributed by atoms with Crippen molar-refractivity contribution in [2.24, 2.45) is 0 Å². The molecular formula is C27H24BrClFN3O5. The second-order valence-electron chi connectivity index (χ2n) is 8.68. The van der Waals surface area contributed by atoms with Crippen molar-refractivity contribution in [3.63, 3.8) is 0 Å². The van der Waals surface area contributed by atoms with Crippen molar-refractivity contribution in [3.8, 4) is 5.75 Å². The van der Waals surface area contributed by atoms with Crippen LogP contribution in [0.3, 0.4) is 0 Å². The minimum absolute atomic E-state index is 0.0184. The summed E-state index contributed by atoms with van der Waals surface area (Å²) in [4.78, 5) is 38.1. The third-order valence-corrected chi connectivity index (χ3v) is 7.26. The average molecular weight is 605 g/mol. The number of ether oxygens (including phenoxy) is 1. The SMILES string of the molecule is COc1cc([C@@]2(F)CCCN2C(=O)Cc2ccc(NC(=O)Nc3ccccc3Br)c(Cl)c2)ccc1C(=O)O. The van der Waals surface area contributed by atoms with Crippen LogP contribution in [-0.2, 0) is 17.0 Å². The van der Waals surface area contributed by atoms with E-state index in [0.29, 0.717) is 23.4 Å². The number of halogens is 3. The van der Waals surface area contributed by atoms with Gasteiger partial charge < -0.3 is 25.4 Å². The molecule has 3 amide bonds.